The van der Waals surface area contributed by atoms with E-state index in [1.165, 1.54) is 11.3 Å². The van der Waals surface area contributed by atoms with Crippen molar-refractivity contribution in [2.45, 2.75) is 39.2 Å². The quantitative estimate of drug-likeness (QED) is 0.217. The molecule has 0 amide bonds. The number of nitrogens with zero attached hydrogens (tertiary/aromatic N) is 2. The van der Waals surface area contributed by atoms with E-state index in [-0.39, 0.29) is 24.0 Å². The van der Waals surface area contributed by atoms with Gasteiger partial charge < -0.3 is 25.0 Å². The Balaban J connectivity index is 0.00000300. The van der Waals surface area contributed by atoms with Crippen LogP contribution in [-0.2, 0) is 15.9 Å². The minimum Gasteiger partial charge on any atom is -0.381 e. The van der Waals surface area contributed by atoms with Crippen LogP contribution in [0.5, 0.6) is 0 Å². The first-order chi connectivity index (χ1) is 13.8. The van der Waals surface area contributed by atoms with Crippen LogP contribution in [-0.4, -0.2) is 64.6 Å². The number of ether oxygens (including phenoxy) is 2. The van der Waals surface area contributed by atoms with Gasteiger partial charge in [0.15, 0.2) is 5.96 Å². The largest absolute Gasteiger partial charge is 0.381 e. The first kappa shape index (κ1) is 24.2. The van der Waals surface area contributed by atoms with Crippen LogP contribution in [0, 0.1) is 5.92 Å². The fourth-order valence-electron chi connectivity index (χ4n) is 3.83. The molecule has 3 rings (SSSR count). The minimum absolute atomic E-state index is 0. The number of nitrogens with one attached hydrogen (secondary N) is 2. The van der Waals surface area contributed by atoms with Gasteiger partial charge in [-0.25, -0.2) is 0 Å². The van der Waals surface area contributed by atoms with E-state index in [4.69, 9.17) is 14.5 Å². The number of fused-ring (bicyclic) bond motifs is 1. The van der Waals surface area contributed by atoms with Gasteiger partial charge in [0.1, 0.15) is 0 Å². The Morgan fingerprint density at radius 3 is 3.00 bits per heavy atom. The van der Waals surface area contributed by atoms with Crippen molar-refractivity contribution in [2.75, 3.05) is 57.5 Å². The minimum atomic E-state index is 0. The second kappa shape index (κ2) is 13.3. The molecule has 2 N–H and O–H groups in total. The molecule has 0 bridgehead atoms. The van der Waals surface area contributed by atoms with Crippen molar-refractivity contribution < 1.29 is 9.47 Å². The summed E-state index contributed by atoms with van der Waals surface area (Å²) in [7, 11) is 0. The van der Waals surface area contributed by atoms with E-state index in [0.717, 1.165) is 77.8 Å². The molecule has 1 fully saturated rings. The first-order valence-corrected chi connectivity index (χ1v) is 10.8. The van der Waals surface area contributed by atoms with Gasteiger partial charge in [-0.2, -0.15) is 0 Å². The molecule has 0 radical (unpaired) electrons. The number of benzene rings is 1. The average molecular weight is 516 g/mol. The molecule has 7 heteroatoms. The van der Waals surface area contributed by atoms with Gasteiger partial charge in [0.25, 0.3) is 0 Å². The molecular formula is C22H37IN4O2. The molecule has 164 valence electrons. The highest BCUT2D eigenvalue weighted by molar-refractivity contribution is 14.0. The topological polar surface area (TPSA) is 58.1 Å². The second-order valence-electron chi connectivity index (χ2n) is 7.73. The van der Waals surface area contributed by atoms with Gasteiger partial charge in [0.05, 0.1) is 19.8 Å². The summed E-state index contributed by atoms with van der Waals surface area (Å²) in [5.74, 6) is 1.48. The molecule has 0 aliphatic carbocycles. The molecule has 2 aliphatic heterocycles. The van der Waals surface area contributed by atoms with Gasteiger partial charge in [-0.1, -0.05) is 18.2 Å². The SMILES string of the molecule is CCNC(=NCC(C)N1CCc2ccccc21)NCCCOCC1CCOC1.I. The van der Waals surface area contributed by atoms with Crippen molar-refractivity contribution >= 4 is 35.6 Å². The molecule has 0 aromatic heterocycles. The zero-order chi connectivity index (χ0) is 19.6. The lowest BCUT2D eigenvalue weighted by Crippen LogP contribution is -2.40. The summed E-state index contributed by atoms with van der Waals surface area (Å²) in [5, 5.41) is 6.78. The highest BCUT2D eigenvalue weighted by Crippen LogP contribution is 2.29. The summed E-state index contributed by atoms with van der Waals surface area (Å²) in [4.78, 5) is 7.28. The normalized spacial score (nSPS) is 19.6. The van der Waals surface area contributed by atoms with Crippen molar-refractivity contribution in [1.29, 1.82) is 0 Å². The van der Waals surface area contributed by atoms with E-state index in [1.54, 1.807) is 0 Å². The summed E-state index contributed by atoms with van der Waals surface area (Å²) in [6.07, 6.45) is 3.25. The van der Waals surface area contributed by atoms with Crippen LogP contribution >= 0.6 is 24.0 Å². The summed E-state index contributed by atoms with van der Waals surface area (Å²) in [5.41, 5.74) is 2.82. The van der Waals surface area contributed by atoms with Gasteiger partial charge in [0.2, 0.25) is 0 Å². The number of hydrogen-bond donors (Lipinski definition) is 2. The zero-order valence-electron chi connectivity index (χ0n) is 17.9. The van der Waals surface area contributed by atoms with Crippen LogP contribution in [0.3, 0.4) is 0 Å². The Morgan fingerprint density at radius 1 is 1.34 bits per heavy atom. The number of para-hydroxylation sites is 1. The molecule has 1 aromatic carbocycles. The standard InChI is InChI=1S/C22H36N4O2.HI/c1-3-23-22(24-11-6-13-27-16-19-10-14-28-17-19)25-15-18(2)26-12-9-20-7-4-5-8-21(20)26;/h4-5,7-8,18-19H,3,6,9-17H2,1-2H3,(H2,23,24,25);1H. The lowest BCUT2D eigenvalue weighted by Gasteiger charge is -2.26. The van der Waals surface area contributed by atoms with Crippen LogP contribution in [0.4, 0.5) is 5.69 Å². The zero-order valence-corrected chi connectivity index (χ0v) is 20.2. The molecule has 0 spiro atoms. The molecule has 2 aliphatic rings. The maximum Gasteiger partial charge on any atom is 0.191 e. The van der Waals surface area contributed by atoms with E-state index < -0.39 is 0 Å². The van der Waals surface area contributed by atoms with Crippen molar-refractivity contribution in [3.05, 3.63) is 29.8 Å². The Kier molecular flexibility index (Phi) is 11.1. The van der Waals surface area contributed by atoms with Crippen LogP contribution < -0.4 is 15.5 Å². The summed E-state index contributed by atoms with van der Waals surface area (Å²) in [6.45, 7) is 11.3. The predicted molar refractivity (Wildman–Crippen MR) is 131 cm³/mol. The van der Waals surface area contributed by atoms with Crippen LogP contribution in [0.25, 0.3) is 0 Å². The molecule has 0 saturated carbocycles. The van der Waals surface area contributed by atoms with Crippen molar-refractivity contribution in [2.24, 2.45) is 10.9 Å². The first-order valence-electron chi connectivity index (χ1n) is 10.8. The molecule has 1 saturated heterocycles. The molecule has 1 aromatic rings. The number of halogens is 1. The monoisotopic (exact) mass is 516 g/mol. The van der Waals surface area contributed by atoms with Gasteiger partial charge in [0, 0.05) is 50.5 Å². The Bertz CT molecular complexity index is 623. The molecule has 2 unspecified atom stereocenters. The Morgan fingerprint density at radius 2 is 2.21 bits per heavy atom. The summed E-state index contributed by atoms with van der Waals surface area (Å²) < 4.78 is 11.1. The van der Waals surface area contributed by atoms with Gasteiger partial charge in [-0.15, -0.1) is 24.0 Å². The van der Waals surface area contributed by atoms with E-state index in [1.807, 2.05) is 0 Å². The smallest absolute Gasteiger partial charge is 0.191 e. The van der Waals surface area contributed by atoms with Crippen molar-refractivity contribution in [3.63, 3.8) is 0 Å². The van der Waals surface area contributed by atoms with E-state index in [2.05, 4.69) is 53.6 Å². The predicted octanol–water partition coefficient (Wildman–Crippen LogP) is 3.05. The maximum absolute atomic E-state index is 5.77. The van der Waals surface area contributed by atoms with Gasteiger partial charge >= 0.3 is 0 Å². The molecule has 6 nitrogen and oxygen atoms in total. The average Bonchev–Trinajstić information content (AvgIpc) is 3.38. The summed E-state index contributed by atoms with van der Waals surface area (Å²) >= 11 is 0. The van der Waals surface area contributed by atoms with Gasteiger partial charge in [-0.3, -0.25) is 4.99 Å². The number of hydrogen-bond acceptors (Lipinski definition) is 4. The number of guanidine groups is 1. The lowest BCUT2D eigenvalue weighted by atomic mass is 10.1. The van der Waals surface area contributed by atoms with E-state index in [9.17, 15) is 0 Å². The third-order valence-electron chi connectivity index (χ3n) is 5.45. The van der Waals surface area contributed by atoms with Crippen molar-refractivity contribution in [1.82, 2.24) is 10.6 Å². The van der Waals surface area contributed by atoms with Crippen LogP contribution in [0.1, 0.15) is 32.3 Å². The van der Waals surface area contributed by atoms with Gasteiger partial charge in [-0.05, 0) is 44.7 Å². The number of anilines is 1. The highest BCUT2D eigenvalue weighted by atomic mass is 127. The van der Waals surface area contributed by atoms with E-state index >= 15 is 0 Å². The van der Waals surface area contributed by atoms with Crippen LogP contribution in [0.2, 0.25) is 0 Å². The fraction of sp³-hybridized carbons (Fsp3) is 0.682. The highest BCUT2D eigenvalue weighted by Gasteiger charge is 2.22. The molecule has 2 atom stereocenters. The number of aliphatic imine (C=N–C) groups is 1. The molecule has 2 heterocycles. The van der Waals surface area contributed by atoms with E-state index in [0.29, 0.717) is 12.0 Å². The number of rotatable bonds is 10. The molecule has 29 heavy (non-hydrogen) atoms. The third-order valence-corrected chi connectivity index (χ3v) is 5.45. The Hall–Kier alpha value is -1.06. The third kappa shape index (κ3) is 7.61. The Labute approximate surface area is 192 Å². The van der Waals surface area contributed by atoms with Crippen LogP contribution in [0.15, 0.2) is 29.3 Å². The van der Waals surface area contributed by atoms with Crippen molar-refractivity contribution in [3.8, 4) is 0 Å². The second-order valence-corrected chi connectivity index (χ2v) is 7.73. The fourth-order valence-corrected chi connectivity index (χ4v) is 3.83. The maximum atomic E-state index is 5.77. The molecular weight excluding hydrogens is 479 g/mol. The lowest BCUT2D eigenvalue weighted by molar-refractivity contribution is 0.0888. The summed E-state index contributed by atoms with van der Waals surface area (Å²) in [6, 6.07) is 9.10.